The monoisotopic (exact) mass is 241 g/mol. The van der Waals surface area contributed by atoms with Crippen molar-refractivity contribution in [2.45, 2.75) is 25.7 Å². The molecule has 18 heavy (non-hydrogen) atoms. The van der Waals surface area contributed by atoms with Crippen LogP contribution in [0.4, 0.5) is 0 Å². The Morgan fingerprint density at radius 3 is 2.72 bits per heavy atom. The Labute approximate surface area is 108 Å². The highest BCUT2D eigenvalue weighted by Gasteiger charge is 2.13. The lowest BCUT2D eigenvalue weighted by atomic mass is 9.92. The van der Waals surface area contributed by atoms with E-state index >= 15 is 0 Å². The second-order valence-corrected chi connectivity index (χ2v) is 5.08. The van der Waals surface area contributed by atoms with Crippen LogP contribution in [0.3, 0.4) is 0 Å². The molecule has 1 aliphatic heterocycles. The zero-order chi connectivity index (χ0) is 12.2. The van der Waals surface area contributed by atoms with Crippen LogP contribution < -0.4 is 5.32 Å². The first-order valence-corrected chi connectivity index (χ1v) is 6.83. The van der Waals surface area contributed by atoms with E-state index in [0.717, 1.165) is 29.1 Å². The molecule has 1 fully saturated rings. The van der Waals surface area contributed by atoms with Crippen molar-refractivity contribution < 1.29 is 0 Å². The van der Waals surface area contributed by atoms with Crippen LogP contribution in [0.15, 0.2) is 30.5 Å². The smallest absolute Gasteiger partial charge is 0.0890 e. The van der Waals surface area contributed by atoms with Crippen molar-refractivity contribution in [3.63, 3.8) is 0 Å². The molecule has 94 valence electrons. The molecule has 2 heterocycles. The summed E-state index contributed by atoms with van der Waals surface area (Å²) in [7, 11) is 0. The van der Waals surface area contributed by atoms with Crippen LogP contribution in [0.1, 0.15) is 25.0 Å². The molecule has 1 saturated heterocycles. The van der Waals surface area contributed by atoms with E-state index in [1.165, 1.54) is 32.4 Å². The average Bonchev–Trinajstić information content (AvgIpc) is 2.46. The second-order valence-electron chi connectivity index (χ2n) is 5.08. The summed E-state index contributed by atoms with van der Waals surface area (Å²) in [6, 6.07) is 8.08. The summed E-state index contributed by atoms with van der Waals surface area (Å²) in [5, 5.41) is 3.41. The maximum atomic E-state index is 4.68. The normalized spacial score (nSPS) is 17.1. The van der Waals surface area contributed by atoms with Crippen molar-refractivity contribution in [3.8, 4) is 0 Å². The molecule has 1 N–H and O–H groups in total. The molecule has 0 unspecified atom stereocenters. The van der Waals surface area contributed by atoms with Gasteiger partial charge in [0.15, 0.2) is 0 Å². The van der Waals surface area contributed by atoms with E-state index in [0.29, 0.717) is 0 Å². The van der Waals surface area contributed by atoms with Crippen LogP contribution in [-0.4, -0.2) is 23.1 Å². The Balaban J connectivity index is 1.66. The topological polar surface area (TPSA) is 37.8 Å². The summed E-state index contributed by atoms with van der Waals surface area (Å²) in [5.74, 6) is 0.861. The van der Waals surface area contributed by atoms with Gasteiger partial charge in [-0.1, -0.05) is 12.1 Å². The fraction of sp³-hybridized carbons (Fsp3) is 0.467. The molecule has 0 radical (unpaired) electrons. The van der Waals surface area contributed by atoms with Gasteiger partial charge >= 0.3 is 0 Å². The van der Waals surface area contributed by atoms with Gasteiger partial charge in [0.1, 0.15) is 0 Å². The van der Waals surface area contributed by atoms with E-state index in [1.54, 1.807) is 0 Å². The number of rotatable bonds is 3. The minimum atomic E-state index is 0.861. The predicted octanol–water partition coefficient (Wildman–Crippen LogP) is 2.56. The highest BCUT2D eigenvalue weighted by Crippen LogP contribution is 2.18. The number of benzene rings is 1. The van der Waals surface area contributed by atoms with Crippen molar-refractivity contribution in [1.29, 1.82) is 0 Å². The van der Waals surface area contributed by atoms with Crippen LogP contribution in [0.5, 0.6) is 0 Å². The Kier molecular flexibility index (Phi) is 3.51. The van der Waals surface area contributed by atoms with Gasteiger partial charge in [0, 0.05) is 6.20 Å². The first-order valence-electron chi connectivity index (χ1n) is 6.83. The number of hydrogen-bond acceptors (Lipinski definition) is 3. The summed E-state index contributed by atoms with van der Waals surface area (Å²) < 4.78 is 0. The zero-order valence-electron chi connectivity index (χ0n) is 10.6. The average molecular weight is 241 g/mol. The lowest BCUT2D eigenvalue weighted by molar-refractivity contribution is 0.353. The van der Waals surface area contributed by atoms with E-state index in [-0.39, 0.29) is 0 Å². The van der Waals surface area contributed by atoms with Crippen molar-refractivity contribution in [2.24, 2.45) is 5.92 Å². The number of aryl methyl sites for hydroxylation is 1. The molecule has 0 atom stereocenters. The highest BCUT2D eigenvalue weighted by molar-refractivity contribution is 5.73. The lowest BCUT2D eigenvalue weighted by Gasteiger charge is -2.22. The molecule has 2 aromatic rings. The lowest BCUT2D eigenvalue weighted by Crippen LogP contribution is -2.27. The van der Waals surface area contributed by atoms with Crippen molar-refractivity contribution in [3.05, 3.63) is 36.2 Å². The van der Waals surface area contributed by atoms with Crippen molar-refractivity contribution in [2.75, 3.05) is 13.1 Å². The minimum Gasteiger partial charge on any atom is -0.317 e. The Morgan fingerprint density at radius 1 is 1.11 bits per heavy atom. The first kappa shape index (κ1) is 11.6. The number of piperidine rings is 1. The Hall–Kier alpha value is -1.48. The SMILES string of the molecule is c1ccc2nc(CCC3CCNCC3)cnc2c1. The van der Waals surface area contributed by atoms with Gasteiger partial charge in [0.2, 0.25) is 0 Å². The molecular formula is C15H19N3. The quantitative estimate of drug-likeness (QED) is 0.897. The maximum absolute atomic E-state index is 4.68. The zero-order valence-corrected chi connectivity index (χ0v) is 10.6. The van der Waals surface area contributed by atoms with Gasteiger partial charge in [-0.25, -0.2) is 4.98 Å². The van der Waals surface area contributed by atoms with Gasteiger partial charge in [-0.15, -0.1) is 0 Å². The second kappa shape index (κ2) is 5.44. The number of hydrogen-bond donors (Lipinski definition) is 1. The van der Waals surface area contributed by atoms with Gasteiger partial charge < -0.3 is 5.32 Å². The van der Waals surface area contributed by atoms with E-state index in [2.05, 4.69) is 15.3 Å². The molecule has 1 aromatic heterocycles. The Morgan fingerprint density at radius 2 is 1.89 bits per heavy atom. The van der Waals surface area contributed by atoms with Gasteiger partial charge in [-0.3, -0.25) is 4.98 Å². The fourth-order valence-corrected chi connectivity index (χ4v) is 2.64. The minimum absolute atomic E-state index is 0.861. The number of fused-ring (bicyclic) bond motifs is 1. The molecule has 0 saturated carbocycles. The molecule has 1 aliphatic rings. The molecule has 0 bridgehead atoms. The van der Waals surface area contributed by atoms with E-state index < -0.39 is 0 Å². The van der Waals surface area contributed by atoms with Crippen molar-refractivity contribution in [1.82, 2.24) is 15.3 Å². The van der Waals surface area contributed by atoms with E-state index in [9.17, 15) is 0 Å². The van der Waals surface area contributed by atoms with E-state index in [1.807, 2.05) is 30.5 Å². The number of nitrogens with zero attached hydrogens (tertiary/aromatic N) is 2. The summed E-state index contributed by atoms with van der Waals surface area (Å²) in [5.41, 5.74) is 3.13. The third-order valence-corrected chi connectivity index (χ3v) is 3.77. The van der Waals surface area contributed by atoms with Crippen LogP contribution in [0.25, 0.3) is 11.0 Å². The first-order chi connectivity index (χ1) is 8.92. The molecule has 3 rings (SSSR count). The van der Waals surface area contributed by atoms with Gasteiger partial charge in [0.25, 0.3) is 0 Å². The van der Waals surface area contributed by atoms with Gasteiger partial charge in [0.05, 0.1) is 16.7 Å². The van der Waals surface area contributed by atoms with E-state index in [4.69, 9.17) is 0 Å². The molecule has 0 aliphatic carbocycles. The van der Waals surface area contributed by atoms with Gasteiger partial charge in [-0.2, -0.15) is 0 Å². The summed E-state index contributed by atoms with van der Waals surface area (Å²) in [4.78, 5) is 9.15. The highest BCUT2D eigenvalue weighted by atomic mass is 14.9. The molecular weight excluding hydrogens is 222 g/mol. The fourth-order valence-electron chi connectivity index (χ4n) is 2.64. The van der Waals surface area contributed by atoms with Crippen LogP contribution in [-0.2, 0) is 6.42 Å². The van der Waals surface area contributed by atoms with Crippen LogP contribution in [0.2, 0.25) is 0 Å². The predicted molar refractivity (Wildman–Crippen MR) is 73.5 cm³/mol. The summed E-state index contributed by atoms with van der Waals surface area (Å²) in [6.45, 7) is 2.35. The molecule has 3 nitrogen and oxygen atoms in total. The standard InChI is InChI=1S/C15H19N3/c1-2-4-15-14(3-1)17-11-13(18-15)6-5-12-7-9-16-10-8-12/h1-4,11-12,16H,5-10H2. The third kappa shape index (κ3) is 2.67. The van der Waals surface area contributed by atoms with Gasteiger partial charge in [-0.05, 0) is 56.8 Å². The molecule has 3 heteroatoms. The van der Waals surface area contributed by atoms with Crippen LogP contribution >= 0.6 is 0 Å². The van der Waals surface area contributed by atoms with Crippen molar-refractivity contribution >= 4 is 11.0 Å². The Bertz CT molecular complexity index is 518. The number of aromatic nitrogens is 2. The summed E-state index contributed by atoms with van der Waals surface area (Å²) >= 11 is 0. The largest absolute Gasteiger partial charge is 0.317 e. The number of nitrogens with one attached hydrogen (secondary N) is 1. The number of para-hydroxylation sites is 2. The third-order valence-electron chi connectivity index (χ3n) is 3.77. The summed E-state index contributed by atoms with van der Waals surface area (Å²) in [6.07, 6.45) is 6.85. The molecule has 1 aromatic carbocycles. The molecule has 0 amide bonds. The van der Waals surface area contributed by atoms with Crippen LogP contribution in [0, 0.1) is 5.92 Å². The molecule has 0 spiro atoms. The maximum Gasteiger partial charge on any atom is 0.0890 e.